The second-order valence-electron chi connectivity index (χ2n) is 29.9. The summed E-state index contributed by atoms with van der Waals surface area (Å²) >= 11 is 0. The van der Waals surface area contributed by atoms with Crippen molar-refractivity contribution in [2.24, 2.45) is 0 Å². The highest BCUT2D eigenvalue weighted by molar-refractivity contribution is 6.08. The molecule has 0 saturated heterocycles. The van der Waals surface area contributed by atoms with Gasteiger partial charge in [-0.25, -0.2) is 0 Å². The van der Waals surface area contributed by atoms with E-state index in [0.29, 0.717) is 6.61 Å². The monoisotopic (exact) mass is 1650 g/mol. The Balaban J connectivity index is 0.000000143. The van der Waals surface area contributed by atoms with E-state index in [2.05, 4.69) is 201 Å². The largest absolute Gasteiger partial charge is 0.497 e. The number of benzene rings is 15. The van der Waals surface area contributed by atoms with Gasteiger partial charge in [-0.15, -0.1) is 0 Å². The minimum atomic E-state index is 0.659. The van der Waals surface area contributed by atoms with E-state index in [-0.39, 0.29) is 0 Å². The summed E-state index contributed by atoms with van der Waals surface area (Å²) in [6.45, 7) is 2.71. The number of hydrogen-bond donors (Lipinski definition) is 0. The highest BCUT2D eigenvalue weighted by atomic mass is 16.5. The molecule has 0 N–H and O–H groups in total. The van der Waals surface area contributed by atoms with Crippen molar-refractivity contribution >= 4 is 27.6 Å². The number of fused-ring (bicyclic) bond motifs is 9. The zero-order chi connectivity index (χ0) is 87.0. The maximum absolute atomic E-state index is 6.05. The van der Waals surface area contributed by atoms with E-state index in [9.17, 15) is 0 Å². The van der Waals surface area contributed by atoms with Gasteiger partial charge in [0.2, 0.25) is 0 Å². The second kappa shape index (κ2) is 48.6. The van der Waals surface area contributed by atoms with Crippen molar-refractivity contribution in [2.75, 3.05) is 84.8 Å². The number of aryl methyl sites for hydroxylation is 11. The topological polar surface area (TPSA) is 111 Å². The minimum absolute atomic E-state index is 0.659. The molecule has 0 bridgehead atoms. The third-order valence-electron chi connectivity index (χ3n) is 21.9. The van der Waals surface area contributed by atoms with E-state index in [0.717, 1.165) is 140 Å². The van der Waals surface area contributed by atoms with Crippen molar-refractivity contribution in [1.82, 2.24) is 0 Å². The fraction of sp³-hybridized carbons (Fsp3) is 0.214. The summed E-state index contributed by atoms with van der Waals surface area (Å²) in [5.41, 5.74) is 21.4. The van der Waals surface area contributed by atoms with E-state index in [1.54, 1.807) is 78.2 Å². The van der Waals surface area contributed by atoms with Crippen molar-refractivity contribution < 1.29 is 56.8 Å². The Morgan fingerprint density at radius 3 is 0.702 bits per heavy atom. The first-order valence-corrected chi connectivity index (χ1v) is 42.1. The summed E-state index contributed by atoms with van der Waals surface area (Å²) in [6, 6.07) is 112. The molecule has 12 nitrogen and oxygen atoms in total. The van der Waals surface area contributed by atoms with Crippen LogP contribution in [0.5, 0.6) is 69.0 Å². The molecule has 124 heavy (non-hydrogen) atoms. The van der Waals surface area contributed by atoms with E-state index in [1.807, 2.05) is 146 Å². The predicted molar refractivity (Wildman–Crippen MR) is 509 cm³/mol. The zero-order valence-electron chi connectivity index (χ0n) is 73.7. The SMILES string of the molecule is C1=Cc2c3c(c4ccccc4c2OC1)-c1cc2ccccc2cc1C3.COc1ccc(C)cc1.COc1ccc(CCc2ccc(OC)cc2)cc1.COc1ccc(CCc2ccc(OC)cc2)cc1.COc1ccc(CCc2ccc(OC)cc2)cc1.COc1ccc(CCc2ccc(OC)cc2)cc1.COc1ccc(CCc2ccc(OC)cc2)cc1. The first-order valence-electron chi connectivity index (χ1n) is 42.1. The molecule has 0 radical (unpaired) electrons. The first kappa shape index (κ1) is 90.9. The second-order valence-corrected chi connectivity index (χ2v) is 29.9. The van der Waals surface area contributed by atoms with Gasteiger partial charge < -0.3 is 56.8 Å². The maximum Gasteiger partial charge on any atom is 0.135 e. The van der Waals surface area contributed by atoms with Crippen molar-refractivity contribution in [3.05, 3.63) is 412 Å². The molecule has 2 aliphatic rings. The lowest BCUT2D eigenvalue weighted by atomic mass is 9.91. The Morgan fingerprint density at radius 1 is 0.242 bits per heavy atom. The quantitative estimate of drug-likeness (QED) is 0.0515. The van der Waals surface area contributed by atoms with Crippen LogP contribution in [0.25, 0.3) is 38.7 Å². The Hall–Kier alpha value is -13.8. The molecule has 17 rings (SSSR count). The van der Waals surface area contributed by atoms with E-state index in [4.69, 9.17) is 56.8 Å². The molecule has 0 aromatic heterocycles. The molecule has 12 heteroatoms. The summed E-state index contributed by atoms with van der Waals surface area (Å²) in [7, 11) is 18.5. The summed E-state index contributed by atoms with van der Waals surface area (Å²) in [4.78, 5) is 0. The molecule has 0 spiro atoms. The van der Waals surface area contributed by atoms with E-state index in [1.165, 1.54) is 111 Å². The molecular weight excluding hydrogens is 1540 g/mol. The molecule has 1 aliphatic heterocycles. The molecular formula is C112H116O12. The van der Waals surface area contributed by atoms with Crippen LogP contribution in [0.15, 0.2) is 334 Å². The highest BCUT2D eigenvalue weighted by Crippen LogP contribution is 2.50. The Kier molecular flexibility index (Phi) is 35.6. The number of rotatable bonds is 26. The van der Waals surface area contributed by atoms with Crippen LogP contribution in [0.4, 0.5) is 0 Å². The van der Waals surface area contributed by atoms with Gasteiger partial charge in [-0.3, -0.25) is 0 Å². The Labute approximate surface area is 734 Å². The average Bonchev–Trinajstić information content (AvgIpc) is 1.55. The molecule has 0 saturated carbocycles. The lowest BCUT2D eigenvalue weighted by Crippen LogP contribution is -2.04. The average molecular weight is 1650 g/mol. The van der Waals surface area contributed by atoms with Gasteiger partial charge in [-0.2, -0.15) is 0 Å². The van der Waals surface area contributed by atoms with Gasteiger partial charge in [-0.1, -0.05) is 200 Å². The van der Waals surface area contributed by atoms with Crippen molar-refractivity contribution in [2.45, 2.75) is 77.6 Å². The molecule has 0 amide bonds. The van der Waals surface area contributed by atoms with Gasteiger partial charge >= 0.3 is 0 Å². The van der Waals surface area contributed by atoms with Crippen molar-refractivity contribution in [1.29, 1.82) is 0 Å². The molecule has 15 aromatic carbocycles. The van der Waals surface area contributed by atoms with E-state index >= 15 is 0 Å². The number of methoxy groups -OCH3 is 11. The van der Waals surface area contributed by atoms with Gasteiger partial charge in [0, 0.05) is 10.9 Å². The van der Waals surface area contributed by atoms with Gasteiger partial charge in [0.15, 0.2) is 0 Å². The molecule has 636 valence electrons. The van der Waals surface area contributed by atoms with Crippen LogP contribution in [0.1, 0.15) is 77.9 Å². The van der Waals surface area contributed by atoms with Crippen LogP contribution < -0.4 is 56.8 Å². The highest BCUT2D eigenvalue weighted by Gasteiger charge is 2.28. The van der Waals surface area contributed by atoms with E-state index < -0.39 is 0 Å². The van der Waals surface area contributed by atoms with Crippen molar-refractivity contribution in [3.63, 3.8) is 0 Å². The first-order chi connectivity index (χ1) is 60.8. The van der Waals surface area contributed by atoms with Crippen LogP contribution in [0.2, 0.25) is 0 Å². The number of ether oxygens (including phenoxy) is 12. The molecule has 1 heterocycles. The molecule has 0 fully saturated rings. The number of hydrogen-bond acceptors (Lipinski definition) is 12. The van der Waals surface area contributed by atoms with Gasteiger partial charge in [0.05, 0.1) is 78.2 Å². The predicted octanol–water partition coefficient (Wildman–Crippen LogP) is 25.4. The van der Waals surface area contributed by atoms with Gasteiger partial charge in [-0.05, 0) is 317 Å². The summed E-state index contributed by atoms with van der Waals surface area (Å²) in [6.07, 6.45) is 15.7. The van der Waals surface area contributed by atoms with Gasteiger partial charge in [0.1, 0.15) is 75.6 Å². The van der Waals surface area contributed by atoms with Crippen LogP contribution in [0, 0.1) is 6.92 Å². The summed E-state index contributed by atoms with van der Waals surface area (Å²) in [5.74, 6) is 11.0. The third-order valence-corrected chi connectivity index (χ3v) is 21.9. The van der Waals surface area contributed by atoms with Crippen LogP contribution in [0.3, 0.4) is 0 Å². The summed E-state index contributed by atoms with van der Waals surface area (Å²) < 4.78 is 62.5. The molecule has 0 atom stereocenters. The molecule has 15 aromatic rings. The van der Waals surface area contributed by atoms with Crippen LogP contribution in [-0.4, -0.2) is 84.8 Å². The Morgan fingerprint density at radius 2 is 0.460 bits per heavy atom. The fourth-order valence-corrected chi connectivity index (χ4v) is 14.5. The Bertz CT molecular complexity index is 4890. The van der Waals surface area contributed by atoms with Crippen molar-refractivity contribution in [3.8, 4) is 80.1 Å². The lowest BCUT2D eigenvalue weighted by Gasteiger charge is -2.19. The normalized spacial score (nSPS) is 10.9. The minimum Gasteiger partial charge on any atom is -0.497 e. The van der Waals surface area contributed by atoms with Crippen LogP contribution in [-0.2, 0) is 70.6 Å². The molecule has 1 aliphatic carbocycles. The van der Waals surface area contributed by atoms with Crippen LogP contribution >= 0.6 is 0 Å². The maximum atomic E-state index is 6.05. The molecule has 0 unspecified atom stereocenters. The van der Waals surface area contributed by atoms with Gasteiger partial charge in [0.25, 0.3) is 0 Å². The standard InChI is InChI=1S/C24H16O.5C16H18O2.C8H10O/c1-2-7-16-13-21-17(12-15(16)6-1)14-22-20-10-5-11-25-24(20)19-9-4-3-8-18(19)23(21)22;5*1-17-15-9-5-13(6-10-15)3-4-14-7-11-16(18-2)12-8-14;1-7-3-5-8(9-2)6-4-7/h1-10,12-13H,11,14H2;5*5-12H,3-4H2,1-2H3;3-6H,1-2H3. The summed E-state index contributed by atoms with van der Waals surface area (Å²) in [5, 5.41) is 5.16. The third kappa shape index (κ3) is 27.6. The fourth-order valence-electron chi connectivity index (χ4n) is 14.5. The zero-order valence-corrected chi connectivity index (χ0v) is 73.7. The smallest absolute Gasteiger partial charge is 0.135 e. The lowest BCUT2D eigenvalue weighted by molar-refractivity contribution is 0.362.